The summed E-state index contributed by atoms with van der Waals surface area (Å²) in [6.07, 6.45) is 8.40. The molecule has 1 aromatic heterocycles. The van der Waals surface area contributed by atoms with E-state index in [0.717, 1.165) is 37.2 Å². The number of ether oxygens (including phenoxy) is 1. The molecule has 3 rings (SSSR count). The number of aromatic nitrogens is 1. The molecule has 116 valence electrons. The van der Waals surface area contributed by atoms with Gasteiger partial charge < -0.3 is 10.1 Å². The Labute approximate surface area is 128 Å². The zero-order chi connectivity index (χ0) is 14.9. The van der Waals surface area contributed by atoms with Gasteiger partial charge in [0.1, 0.15) is 6.10 Å². The number of rotatable bonds is 5. The summed E-state index contributed by atoms with van der Waals surface area (Å²) in [5.74, 6) is 1.53. The second-order valence-corrected chi connectivity index (χ2v) is 7.81. The van der Waals surface area contributed by atoms with Crippen molar-refractivity contribution in [3.63, 3.8) is 0 Å². The van der Waals surface area contributed by atoms with Gasteiger partial charge in [0.05, 0.1) is 0 Å². The van der Waals surface area contributed by atoms with Crippen molar-refractivity contribution in [3.8, 4) is 5.88 Å². The van der Waals surface area contributed by atoms with Gasteiger partial charge in [-0.3, -0.25) is 0 Å². The fourth-order valence-electron chi connectivity index (χ4n) is 3.69. The third kappa shape index (κ3) is 4.44. The molecule has 2 unspecified atom stereocenters. The quantitative estimate of drug-likeness (QED) is 0.891. The van der Waals surface area contributed by atoms with Crippen LogP contribution in [-0.4, -0.2) is 17.1 Å². The minimum absolute atomic E-state index is 0.308. The van der Waals surface area contributed by atoms with Crippen molar-refractivity contribution in [2.75, 3.05) is 0 Å². The first-order valence-corrected chi connectivity index (χ1v) is 8.35. The highest BCUT2D eigenvalue weighted by Crippen LogP contribution is 2.39. The fourth-order valence-corrected chi connectivity index (χ4v) is 3.69. The number of nitrogens with one attached hydrogen (secondary N) is 1. The molecule has 1 N–H and O–H groups in total. The molecule has 2 saturated carbocycles. The van der Waals surface area contributed by atoms with Gasteiger partial charge in [0.25, 0.3) is 0 Å². The maximum atomic E-state index is 6.19. The average molecular weight is 288 g/mol. The molecule has 2 atom stereocenters. The lowest BCUT2D eigenvalue weighted by Crippen LogP contribution is -2.34. The summed E-state index contributed by atoms with van der Waals surface area (Å²) < 4.78 is 6.19. The van der Waals surface area contributed by atoms with Crippen LogP contribution in [0, 0.1) is 11.3 Å². The Bertz CT molecular complexity index is 482. The smallest absolute Gasteiger partial charge is 0.213 e. The lowest BCUT2D eigenvalue weighted by molar-refractivity contribution is 0.0532. The SMILES string of the molecule is CC1CC(Oc2cc(CNC3CC3)ccn2)CC(C)(C)C1. The van der Waals surface area contributed by atoms with Gasteiger partial charge in [-0.2, -0.15) is 0 Å². The van der Waals surface area contributed by atoms with Crippen LogP contribution in [0.2, 0.25) is 0 Å². The standard InChI is InChI=1S/C18H28N2O/c1-13-8-16(11-18(2,3)10-13)21-17-9-14(6-7-19-17)12-20-15-4-5-15/h6-7,9,13,15-16,20H,4-5,8,10-12H2,1-3H3. The number of hydrogen-bond acceptors (Lipinski definition) is 3. The molecule has 0 aromatic carbocycles. The highest BCUT2D eigenvalue weighted by Gasteiger charge is 2.33. The fraction of sp³-hybridized carbons (Fsp3) is 0.722. The molecular formula is C18H28N2O. The number of pyridine rings is 1. The molecule has 2 fully saturated rings. The first kappa shape index (κ1) is 14.8. The molecule has 21 heavy (non-hydrogen) atoms. The van der Waals surface area contributed by atoms with Crippen molar-refractivity contribution in [2.45, 2.75) is 71.6 Å². The number of hydrogen-bond donors (Lipinski definition) is 1. The van der Waals surface area contributed by atoms with E-state index >= 15 is 0 Å². The van der Waals surface area contributed by atoms with Crippen molar-refractivity contribution in [1.29, 1.82) is 0 Å². The van der Waals surface area contributed by atoms with E-state index in [0.29, 0.717) is 11.5 Å². The van der Waals surface area contributed by atoms with Crippen LogP contribution in [0.25, 0.3) is 0 Å². The highest BCUT2D eigenvalue weighted by molar-refractivity contribution is 5.21. The topological polar surface area (TPSA) is 34.1 Å². The van der Waals surface area contributed by atoms with Crippen molar-refractivity contribution < 1.29 is 4.74 Å². The van der Waals surface area contributed by atoms with Crippen molar-refractivity contribution in [1.82, 2.24) is 10.3 Å². The van der Waals surface area contributed by atoms with Crippen LogP contribution in [0.5, 0.6) is 5.88 Å². The average Bonchev–Trinajstić information content (AvgIpc) is 3.18. The van der Waals surface area contributed by atoms with E-state index in [2.05, 4.69) is 43.2 Å². The summed E-state index contributed by atoms with van der Waals surface area (Å²) in [5.41, 5.74) is 1.66. The maximum absolute atomic E-state index is 6.19. The molecule has 1 aromatic rings. The van der Waals surface area contributed by atoms with E-state index in [1.54, 1.807) is 0 Å². The van der Waals surface area contributed by atoms with Gasteiger partial charge in [-0.25, -0.2) is 4.98 Å². The Morgan fingerprint density at radius 2 is 2.14 bits per heavy atom. The minimum Gasteiger partial charge on any atom is -0.474 e. The Balaban J connectivity index is 1.59. The number of nitrogens with zero attached hydrogens (tertiary/aromatic N) is 1. The van der Waals surface area contributed by atoms with Gasteiger partial charge in [-0.15, -0.1) is 0 Å². The Morgan fingerprint density at radius 3 is 2.86 bits per heavy atom. The van der Waals surface area contributed by atoms with E-state index in [-0.39, 0.29) is 0 Å². The van der Waals surface area contributed by atoms with Crippen LogP contribution in [0.15, 0.2) is 18.3 Å². The van der Waals surface area contributed by atoms with Gasteiger partial charge >= 0.3 is 0 Å². The van der Waals surface area contributed by atoms with E-state index < -0.39 is 0 Å². The van der Waals surface area contributed by atoms with E-state index in [4.69, 9.17) is 4.74 Å². The van der Waals surface area contributed by atoms with Crippen LogP contribution in [0.3, 0.4) is 0 Å². The monoisotopic (exact) mass is 288 g/mol. The van der Waals surface area contributed by atoms with Crippen molar-refractivity contribution in [3.05, 3.63) is 23.9 Å². The first-order valence-electron chi connectivity index (χ1n) is 8.35. The summed E-state index contributed by atoms with van der Waals surface area (Å²) in [6, 6.07) is 4.92. The van der Waals surface area contributed by atoms with Gasteiger partial charge in [-0.1, -0.05) is 20.8 Å². The van der Waals surface area contributed by atoms with Gasteiger partial charge in [0, 0.05) is 24.8 Å². The molecule has 0 radical (unpaired) electrons. The normalized spacial score (nSPS) is 28.3. The van der Waals surface area contributed by atoms with Crippen molar-refractivity contribution >= 4 is 0 Å². The van der Waals surface area contributed by atoms with Crippen LogP contribution in [0.1, 0.15) is 58.4 Å². The summed E-state index contributed by atoms with van der Waals surface area (Å²) in [7, 11) is 0. The summed E-state index contributed by atoms with van der Waals surface area (Å²) >= 11 is 0. The minimum atomic E-state index is 0.308. The molecule has 0 amide bonds. The second kappa shape index (κ2) is 5.96. The van der Waals surface area contributed by atoms with Crippen LogP contribution < -0.4 is 10.1 Å². The maximum Gasteiger partial charge on any atom is 0.213 e. The summed E-state index contributed by atoms with van der Waals surface area (Å²) in [5, 5.41) is 3.54. The molecule has 0 bridgehead atoms. The Kier molecular flexibility index (Phi) is 4.21. The molecule has 0 saturated heterocycles. The van der Waals surface area contributed by atoms with Crippen LogP contribution in [0.4, 0.5) is 0 Å². The lowest BCUT2D eigenvalue weighted by atomic mass is 9.71. The van der Waals surface area contributed by atoms with E-state index in [1.807, 2.05) is 6.20 Å². The molecular weight excluding hydrogens is 260 g/mol. The molecule has 2 aliphatic rings. The van der Waals surface area contributed by atoms with Gasteiger partial charge in [-0.05, 0) is 55.1 Å². The molecule has 3 nitrogen and oxygen atoms in total. The summed E-state index contributed by atoms with van der Waals surface area (Å²) in [4.78, 5) is 4.40. The van der Waals surface area contributed by atoms with Crippen LogP contribution >= 0.6 is 0 Å². The summed E-state index contributed by atoms with van der Waals surface area (Å²) in [6.45, 7) is 7.96. The molecule has 0 aliphatic heterocycles. The highest BCUT2D eigenvalue weighted by atomic mass is 16.5. The second-order valence-electron chi connectivity index (χ2n) is 7.81. The zero-order valence-corrected chi connectivity index (χ0v) is 13.6. The first-order chi connectivity index (χ1) is 10.00. The third-order valence-electron chi connectivity index (χ3n) is 4.61. The van der Waals surface area contributed by atoms with E-state index in [9.17, 15) is 0 Å². The largest absolute Gasteiger partial charge is 0.474 e. The molecule has 2 aliphatic carbocycles. The molecule has 3 heteroatoms. The van der Waals surface area contributed by atoms with Gasteiger partial charge in [0.15, 0.2) is 0 Å². The molecule has 0 spiro atoms. The predicted molar refractivity (Wildman–Crippen MR) is 85.3 cm³/mol. The zero-order valence-electron chi connectivity index (χ0n) is 13.6. The Morgan fingerprint density at radius 1 is 1.33 bits per heavy atom. The predicted octanol–water partition coefficient (Wildman–Crippen LogP) is 3.93. The molecule has 1 heterocycles. The lowest BCUT2D eigenvalue weighted by Gasteiger charge is -2.38. The Hall–Kier alpha value is -1.09. The third-order valence-corrected chi connectivity index (χ3v) is 4.61. The van der Waals surface area contributed by atoms with Crippen molar-refractivity contribution in [2.24, 2.45) is 11.3 Å². The van der Waals surface area contributed by atoms with E-state index in [1.165, 1.54) is 24.8 Å². The van der Waals surface area contributed by atoms with Crippen LogP contribution in [-0.2, 0) is 6.54 Å². The van der Waals surface area contributed by atoms with Gasteiger partial charge in [0.2, 0.25) is 5.88 Å².